The lowest BCUT2D eigenvalue weighted by Gasteiger charge is -2.36. The molecular weight excluding hydrogens is 224 g/mol. The van der Waals surface area contributed by atoms with Crippen LogP contribution in [0.1, 0.15) is 64.2 Å². The normalized spacial score (nSPS) is 23.4. The average molecular weight is 252 g/mol. The van der Waals surface area contributed by atoms with Gasteiger partial charge in [-0.05, 0) is 32.2 Å². The summed E-state index contributed by atoms with van der Waals surface area (Å²) < 4.78 is 0. The molecule has 2 saturated carbocycles. The van der Waals surface area contributed by atoms with Crippen LogP contribution in [0.5, 0.6) is 0 Å². The van der Waals surface area contributed by atoms with Crippen molar-refractivity contribution >= 4 is 5.91 Å². The van der Waals surface area contributed by atoms with E-state index in [9.17, 15) is 4.79 Å². The van der Waals surface area contributed by atoms with Crippen LogP contribution in [0.15, 0.2) is 0 Å². The molecular formula is C15H28N2O. The summed E-state index contributed by atoms with van der Waals surface area (Å²) in [5.41, 5.74) is 0.0821. The van der Waals surface area contributed by atoms with Crippen molar-refractivity contribution in [2.24, 2.45) is 5.92 Å². The van der Waals surface area contributed by atoms with Gasteiger partial charge in [0.1, 0.15) is 0 Å². The van der Waals surface area contributed by atoms with Gasteiger partial charge in [0.15, 0.2) is 0 Å². The lowest BCUT2D eigenvalue weighted by Crippen LogP contribution is -2.48. The largest absolute Gasteiger partial charge is 0.356 e. The third-order valence-corrected chi connectivity index (χ3v) is 4.94. The minimum Gasteiger partial charge on any atom is -0.356 e. The fraction of sp³-hybridized carbons (Fsp3) is 0.933. The predicted molar refractivity (Wildman–Crippen MR) is 74.5 cm³/mol. The summed E-state index contributed by atoms with van der Waals surface area (Å²) in [5, 5.41) is 6.52. The highest BCUT2D eigenvalue weighted by Gasteiger charge is 2.32. The van der Waals surface area contributed by atoms with Gasteiger partial charge >= 0.3 is 0 Å². The van der Waals surface area contributed by atoms with E-state index in [2.05, 4.69) is 10.6 Å². The Morgan fingerprint density at radius 1 is 1.17 bits per heavy atom. The van der Waals surface area contributed by atoms with Crippen LogP contribution in [0.4, 0.5) is 0 Å². The Labute approximate surface area is 111 Å². The van der Waals surface area contributed by atoms with E-state index in [0.717, 1.165) is 25.3 Å². The minimum absolute atomic E-state index is 0.0821. The summed E-state index contributed by atoms with van der Waals surface area (Å²) in [5.74, 6) is 1.13. The maximum Gasteiger partial charge on any atom is 0.221 e. The van der Waals surface area contributed by atoms with E-state index in [1.165, 1.54) is 44.9 Å². The zero-order chi connectivity index (χ0) is 12.8. The van der Waals surface area contributed by atoms with Gasteiger partial charge < -0.3 is 10.6 Å². The Bertz CT molecular complexity index is 268. The van der Waals surface area contributed by atoms with Crippen LogP contribution in [0.2, 0.25) is 0 Å². The third-order valence-electron chi connectivity index (χ3n) is 4.94. The molecule has 0 bridgehead atoms. The maximum absolute atomic E-state index is 12.0. The quantitative estimate of drug-likeness (QED) is 0.763. The van der Waals surface area contributed by atoms with E-state index in [-0.39, 0.29) is 11.4 Å². The fourth-order valence-corrected chi connectivity index (χ4v) is 3.31. The van der Waals surface area contributed by atoms with Crippen molar-refractivity contribution < 1.29 is 4.79 Å². The summed E-state index contributed by atoms with van der Waals surface area (Å²) in [6.07, 6.45) is 12.1. The van der Waals surface area contributed by atoms with Crippen LogP contribution in [0.25, 0.3) is 0 Å². The summed E-state index contributed by atoms with van der Waals surface area (Å²) in [6, 6.07) is 0. The topological polar surface area (TPSA) is 41.1 Å². The molecule has 3 nitrogen and oxygen atoms in total. The van der Waals surface area contributed by atoms with E-state index in [4.69, 9.17) is 0 Å². The van der Waals surface area contributed by atoms with Gasteiger partial charge in [0, 0.05) is 18.5 Å². The van der Waals surface area contributed by atoms with Gasteiger partial charge in [0.05, 0.1) is 0 Å². The lowest BCUT2D eigenvalue weighted by atomic mass is 9.79. The number of hydrogen-bond acceptors (Lipinski definition) is 2. The van der Waals surface area contributed by atoms with Crippen molar-refractivity contribution in [2.75, 3.05) is 13.6 Å². The molecule has 0 radical (unpaired) electrons. The SMILES string of the molecule is CNC1(CC(=O)NCCC2CCC2)CCCCC1. The molecule has 2 aliphatic carbocycles. The first-order chi connectivity index (χ1) is 8.74. The molecule has 2 fully saturated rings. The number of carbonyl (C=O) groups is 1. The van der Waals surface area contributed by atoms with Crippen LogP contribution < -0.4 is 10.6 Å². The highest BCUT2D eigenvalue weighted by molar-refractivity contribution is 5.77. The Morgan fingerprint density at radius 3 is 2.44 bits per heavy atom. The van der Waals surface area contributed by atoms with Gasteiger partial charge in [-0.25, -0.2) is 0 Å². The van der Waals surface area contributed by atoms with Crippen molar-refractivity contribution in [3.05, 3.63) is 0 Å². The molecule has 2 aliphatic rings. The molecule has 0 aromatic carbocycles. The van der Waals surface area contributed by atoms with Gasteiger partial charge in [-0.3, -0.25) is 4.79 Å². The second kappa shape index (κ2) is 6.55. The highest BCUT2D eigenvalue weighted by atomic mass is 16.1. The molecule has 0 aromatic heterocycles. The monoisotopic (exact) mass is 252 g/mol. The van der Waals surface area contributed by atoms with Gasteiger partial charge in [0.2, 0.25) is 5.91 Å². The standard InChI is InChI=1S/C15H28N2O/c1-16-15(9-3-2-4-10-15)12-14(18)17-11-8-13-6-5-7-13/h13,16H,2-12H2,1H3,(H,17,18). The molecule has 0 aromatic rings. The first kappa shape index (κ1) is 13.9. The molecule has 0 spiro atoms. The molecule has 0 heterocycles. The summed E-state index contributed by atoms with van der Waals surface area (Å²) in [6.45, 7) is 0.878. The molecule has 0 unspecified atom stereocenters. The number of rotatable bonds is 6. The number of nitrogens with one attached hydrogen (secondary N) is 2. The van der Waals surface area contributed by atoms with E-state index in [1.54, 1.807) is 0 Å². The molecule has 0 aliphatic heterocycles. The minimum atomic E-state index is 0.0821. The summed E-state index contributed by atoms with van der Waals surface area (Å²) in [4.78, 5) is 12.0. The molecule has 3 heteroatoms. The molecule has 0 saturated heterocycles. The van der Waals surface area contributed by atoms with Crippen LogP contribution in [-0.4, -0.2) is 25.0 Å². The Hall–Kier alpha value is -0.570. The summed E-state index contributed by atoms with van der Waals surface area (Å²) in [7, 11) is 2.01. The van der Waals surface area contributed by atoms with E-state index in [0.29, 0.717) is 6.42 Å². The van der Waals surface area contributed by atoms with Crippen LogP contribution in [0, 0.1) is 5.92 Å². The summed E-state index contributed by atoms with van der Waals surface area (Å²) >= 11 is 0. The van der Waals surface area contributed by atoms with Crippen LogP contribution >= 0.6 is 0 Å². The van der Waals surface area contributed by atoms with Gasteiger partial charge in [0.25, 0.3) is 0 Å². The van der Waals surface area contributed by atoms with Crippen LogP contribution in [-0.2, 0) is 4.79 Å². The highest BCUT2D eigenvalue weighted by Crippen LogP contribution is 2.31. The Morgan fingerprint density at radius 2 is 1.89 bits per heavy atom. The lowest BCUT2D eigenvalue weighted by molar-refractivity contribution is -0.123. The number of amides is 1. The van der Waals surface area contributed by atoms with Crippen molar-refractivity contribution in [1.82, 2.24) is 10.6 Å². The molecule has 104 valence electrons. The second-order valence-electron chi connectivity index (χ2n) is 6.20. The van der Waals surface area contributed by atoms with E-state index in [1.807, 2.05) is 7.05 Å². The van der Waals surface area contributed by atoms with Gasteiger partial charge in [-0.1, -0.05) is 38.5 Å². The third kappa shape index (κ3) is 3.71. The fourth-order valence-electron chi connectivity index (χ4n) is 3.31. The zero-order valence-electron chi connectivity index (χ0n) is 11.8. The molecule has 1 amide bonds. The Kier molecular flexibility index (Phi) is 5.04. The van der Waals surface area contributed by atoms with E-state index < -0.39 is 0 Å². The van der Waals surface area contributed by atoms with Gasteiger partial charge in [-0.2, -0.15) is 0 Å². The Balaban J connectivity index is 1.67. The van der Waals surface area contributed by atoms with Gasteiger partial charge in [-0.15, -0.1) is 0 Å². The first-order valence-electron chi connectivity index (χ1n) is 7.70. The molecule has 18 heavy (non-hydrogen) atoms. The second-order valence-corrected chi connectivity index (χ2v) is 6.20. The van der Waals surface area contributed by atoms with E-state index >= 15 is 0 Å². The first-order valence-corrected chi connectivity index (χ1v) is 7.70. The van der Waals surface area contributed by atoms with Crippen LogP contribution in [0.3, 0.4) is 0 Å². The number of hydrogen-bond donors (Lipinski definition) is 2. The predicted octanol–water partition coefficient (Wildman–Crippen LogP) is 2.61. The molecule has 2 rings (SSSR count). The molecule has 0 atom stereocenters. The molecule has 2 N–H and O–H groups in total. The van der Waals surface area contributed by atoms with Crippen molar-refractivity contribution in [1.29, 1.82) is 0 Å². The smallest absolute Gasteiger partial charge is 0.221 e. The van der Waals surface area contributed by atoms with Crippen molar-refractivity contribution in [2.45, 2.75) is 69.7 Å². The van der Waals surface area contributed by atoms with Crippen molar-refractivity contribution in [3.8, 4) is 0 Å². The maximum atomic E-state index is 12.0. The number of carbonyl (C=O) groups excluding carboxylic acids is 1. The zero-order valence-corrected chi connectivity index (χ0v) is 11.8. The average Bonchev–Trinajstić information content (AvgIpc) is 2.33. The van der Waals surface area contributed by atoms with Crippen molar-refractivity contribution in [3.63, 3.8) is 0 Å².